The first-order valence-corrected chi connectivity index (χ1v) is 17.3. The van der Waals surface area contributed by atoms with Crippen molar-refractivity contribution < 1.29 is 24.2 Å². The number of carboxylic acids is 1. The van der Waals surface area contributed by atoms with Crippen LogP contribution in [-0.4, -0.2) is 96.9 Å². The summed E-state index contributed by atoms with van der Waals surface area (Å²) in [4.78, 5) is 39.9. The molecule has 0 radical (unpaired) electrons. The Hall–Kier alpha value is -4.89. The van der Waals surface area contributed by atoms with Gasteiger partial charge in [-0.05, 0) is 55.2 Å². The van der Waals surface area contributed by atoms with Crippen LogP contribution in [0, 0.1) is 28.1 Å². The van der Waals surface area contributed by atoms with Crippen LogP contribution in [0.3, 0.4) is 0 Å². The van der Waals surface area contributed by atoms with Crippen molar-refractivity contribution in [2.45, 2.75) is 52.7 Å². The molecule has 1 saturated carbocycles. The highest BCUT2D eigenvalue weighted by molar-refractivity contribution is 5.95. The molecule has 3 heterocycles. The van der Waals surface area contributed by atoms with E-state index in [1.165, 1.54) is 13.3 Å². The molecule has 12 nitrogen and oxygen atoms in total. The Morgan fingerprint density at radius 2 is 1.62 bits per heavy atom. The van der Waals surface area contributed by atoms with E-state index in [1.54, 1.807) is 24.4 Å². The SMILES string of the molecule is COc1cc(OC2C(C)(C)C(NC(=O)c3ccc(N4CCC(CN5CCN(c6cnc(C(=O)O)cn6)CC5)CC4)cc3)C2(C)C)ccc1C#N. The van der Waals surface area contributed by atoms with Gasteiger partial charge >= 0.3 is 5.97 Å². The first-order valence-electron chi connectivity index (χ1n) is 17.3. The molecule has 0 atom stereocenters. The van der Waals surface area contributed by atoms with Gasteiger partial charge in [0.15, 0.2) is 5.69 Å². The number of piperidine rings is 1. The summed E-state index contributed by atoms with van der Waals surface area (Å²) in [5, 5.41) is 21.7. The Bertz CT molecular complexity index is 1710. The molecule has 0 bridgehead atoms. The van der Waals surface area contributed by atoms with Gasteiger partial charge < -0.3 is 29.7 Å². The monoisotopic (exact) mass is 681 g/mol. The van der Waals surface area contributed by atoms with E-state index in [1.807, 2.05) is 12.1 Å². The Labute approximate surface area is 294 Å². The second-order valence-electron chi connectivity index (χ2n) is 14.9. The van der Waals surface area contributed by atoms with Crippen molar-refractivity contribution in [3.63, 3.8) is 0 Å². The predicted octanol–water partition coefficient (Wildman–Crippen LogP) is 4.71. The molecule has 2 aromatic carbocycles. The van der Waals surface area contributed by atoms with Crippen LogP contribution >= 0.6 is 0 Å². The van der Waals surface area contributed by atoms with Gasteiger partial charge in [0, 0.05) is 80.0 Å². The first-order chi connectivity index (χ1) is 23.9. The van der Waals surface area contributed by atoms with E-state index in [-0.39, 0.29) is 34.6 Å². The zero-order chi connectivity index (χ0) is 35.6. The number of aromatic nitrogens is 2. The Morgan fingerprint density at radius 1 is 0.940 bits per heavy atom. The molecule has 3 aliphatic rings. The van der Waals surface area contributed by atoms with Crippen molar-refractivity contribution in [3.8, 4) is 17.6 Å². The third-order valence-corrected chi connectivity index (χ3v) is 10.8. The number of aromatic carboxylic acids is 1. The van der Waals surface area contributed by atoms with E-state index < -0.39 is 5.97 Å². The number of carbonyl (C=O) groups excluding carboxylic acids is 1. The van der Waals surface area contributed by atoms with E-state index in [2.05, 4.69) is 75.9 Å². The lowest BCUT2D eigenvalue weighted by molar-refractivity contribution is -0.164. The summed E-state index contributed by atoms with van der Waals surface area (Å²) in [7, 11) is 1.54. The number of nitrogens with zero attached hydrogens (tertiary/aromatic N) is 6. The normalized spacial score (nSPS) is 21.8. The fraction of sp³-hybridized carbons (Fsp3) is 0.500. The number of methoxy groups -OCH3 is 1. The van der Waals surface area contributed by atoms with Crippen LogP contribution in [0.25, 0.3) is 0 Å². The van der Waals surface area contributed by atoms with Crippen LogP contribution in [-0.2, 0) is 0 Å². The highest BCUT2D eigenvalue weighted by Crippen LogP contribution is 2.55. The summed E-state index contributed by atoms with van der Waals surface area (Å²) in [5.74, 6) is 1.31. The maximum Gasteiger partial charge on any atom is 0.356 e. The topological polar surface area (TPSA) is 144 Å². The van der Waals surface area contributed by atoms with Gasteiger partial charge in [0.05, 0.1) is 25.1 Å². The van der Waals surface area contributed by atoms with E-state index >= 15 is 0 Å². The Morgan fingerprint density at radius 3 is 2.20 bits per heavy atom. The molecule has 50 heavy (non-hydrogen) atoms. The molecule has 0 unspecified atom stereocenters. The lowest BCUT2D eigenvalue weighted by Gasteiger charge is -2.63. The molecule has 6 rings (SSSR count). The molecule has 3 aromatic rings. The number of ether oxygens (including phenoxy) is 2. The lowest BCUT2D eigenvalue weighted by atomic mass is 9.49. The Balaban J connectivity index is 0.963. The number of carbonyl (C=O) groups is 2. The second-order valence-corrected chi connectivity index (χ2v) is 14.9. The van der Waals surface area contributed by atoms with E-state index in [0.717, 1.165) is 70.2 Å². The van der Waals surface area contributed by atoms with Crippen molar-refractivity contribution in [3.05, 3.63) is 71.7 Å². The van der Waals surface area contributed by atoms with E-state index in [9.17, 15) is 14.9 Å². The molecule has 0 spiro atoms. The fourth-order valence-electron chi connectivity index (χ4n) is 8.30. The lowest BCUT2D eigenvalue weighted by Crippen LogP contribution is -2.74. The number of hydrogen-bond donors (Lipinski definition) is 2. The van der Waals surface area contributed by atoms with Crippen LogP contribution < -0.4 is 24.6 Å². The molecule has 3 fully saturated rings. The van der Waals surface area contributed by atoms with Crippen molar-refractivity contribution in [1.82, 2.24) is 20.2 Å². The summed E-state index contributed by atoms with van der Waals surface area (Å²) >= 11 is 0. The molecule has 1 aromatic heterocycles. The van der Waals surface area contributed by atoms with Gasteiger partial charge in [0.2, 0.25) is 0 Å². The first kappa shape index (κ1) is 35.0. The largest absolute Gasteiger partial charge is 0.495 e. The van der Waals surface area contributed by atoms with Crippen molar-refractivity contribution in [2.75, 3.05) is 62.7 Å². The minimum atomic E-state index is -1.07. The maximum atomic E-state index is 13.5. The molecule has 1 aliphatic carbocycles. The van der Waals surface area contributed by atoms with Gasteiger partial charge in [-0.25, -0.2) is 14.8 Å². The number of hydrogen-bond acceptors (Lipinski definition) is 10. The quantitative estimate of drug-likeness (QED) is 0.307. The van der Waals surface area contributed by atoms with E-state index in [0.29, 0.717) is 28.5 Å². The highest BCUT2D eigenvalue weighted by Gasteiger charge is 2.64. The minimum Gasteiger partial charge on any atom is -0.495 e. The van der Waals surface area contributed by atoms with Crippen LogP contribution in [0.5, 0.6) is 11.5 Å². The van der Waals surface area contributed by atoms with Gasteiger partial charge in [0.25, 0.3) is 5.91 Å². The predicted molar refractivity (Wildman–Crippen MR) is 190 cm³/mol. The molecule has 2 saturated heterocycles. The maximum absolute atomic E-state index is 13.5. The minimum absolute atomic E-state index is 0.0394. The molecule has 264 valence electrons. The third kappa shape index (κ3) is 7.05. The number of anilines is 2. The number of rotatable bonds is 10. The summed E-state index contributed by atoms with van der Waals surface area (Å²) in [6.45, 7) is 15.1. The number of piperazine rings is 1. The number of benzene rings is 2. The van der Waals surface area contributed by atoms with Crippen molar-refractivity contribution in [2.24, 2.45) is 16.7 Å². The molecule has 12 heteroatoms. The Kier molecular flexibility index (Phi) is 9.89. The highest BCUT2D eigenvalue weighted by atomic mass is 16.5. The van der Waals surface area contributed by atoms with Crippen molar-refractivity contribution >= 4 is 23.4 Å². The van der Waals surface area contributed by atoms with Crippen molar-refractivity contribution in [1.29, 1.82) is 5.26 Å². The summed E-state index contributed by atoms with van der Waals surface area (Å²) in [5.41, 5.74) is 1.53. The molecular weight excluding hydrogens is 634 g/mol. The summed E-state index contributed by atoms with van der Waals surface area (Å²) in [6.07, 6.45) is 4.95. The summed E-state index contributed by atoms with van der Waals surface area (Å²) in [6, 6.07) is 15.2. The number of nitrogens with one attached hydrogen (secondary N) is 1. The number of nitriles is 1. The summed E-state index contributed by atoms with van der Waals surface area (Å²) < 4.78 is 11.8. The zero-order valence-electron chi connectivity index (χ0n) is 29.6. The number of amides is 1. The second kappa shape index (κ2) is 14.2. The fourth-order valence-corrected chi connectivity index (χ4v) is 8.30. The average molecular weight is 682 g/mol. The smallest absolute Gasteiger partial charge is 0.356 e. The number of carboxylic acid groups (broad SMARTS) is 1. The average Bonchev–Trinajstić information content (AvgIpc) is 3.13. The van der Waals surface area contributed by atoms with Crippen LogP contribution in [0.1, 0.15) is 66.9 Å². The molecule has 1 amide bonds. The van der Waals surface area contributed by atoms with Gasteiger partial charge in [0.1, 0.15) is 29.5 Å². The standard InChI is InChI=1S/C38H47N7O5/c1-37(2)35(38(3,4)36(37)50-29-11-8-27(21-39)31(20-29)49-5)42-33(46)26-6-9-28(10-7-26)44-14-12-25(13-15-44)24-43-16-18-45(19-17-43)32-23-40-30(22-41-32)34(47)48/h6-11,20,22-23,25,35-36H,12-19,24H2,1-5H3,(H,42,46)(H,47,48). The van der Waals surface area contributed by atoms with Gasteiger partial charge in [-0.15, -0.1) is 0 Å². The van der Waals surface area contributed by atoms with Crippen LogP contribution in [0.4, 0.5) is 11.5 Å². The van der Waals surface area contributed by atoms with Gasteiger partial charge in [-0.1, -0.05) is 27.7 Å². The van der Waals surface area contributed by atoms with Gasteiger partial charge in [-0.2, -0.15) is 5.26 Å². The van der Waals surface area contributed by atoms with Crippen LogP contribution in [0.15, 0.2) is 54.9 Å². The molecule has 2 N–H and O–H groups in total. The zero-order valence-corrected chi connectivity index (χ0v) is 29.6. The molecule has 2 aliphatic heterocycles. The van der Waals surface area contributed by atoms with Crippen LogP contribution in [0.2, 0.25) is 0 Å². The molecular formula is C38H47N7O5. The van der Waals surface area contributed by atoms with Gasteiger partial charge in [-0.3, -0.25) is 9.69 Å². The third-order valence-electron chi connectivity index (χ3n) is 10.8. The van der Waals surface area contributed by atoms with E-state index in [4.69, 9.17) is 14.6 Å².